The minimum atomic E-state index is -0.550. The molecule has 2 heterocycles. The zero-order valence-corrected chi connectivity index (χ0v) is 14.4. The van der Waals surface area contributed by atoms with Gasteiger partial charge in [-0.1, -0.05) is 0 Å². The van der Waals surface area contributed by atoms with Crippen LogP contribution in [0.5, 0.6) is 0 Å². The number of hydrogen-bond acceptors (Lipinski definition) is 6. The van der Waals surface area contributed by atoms with Crippen molar-refractivity contribution in [1.82, 2.24) is 0 Å². The first-order valence-electron chi connectivity index (χ1n) is 7.49. The summed E-state index contributed by atoms with van der Waals surface area (Å²) in [6.07, 6.45) is 0. The molecule has 2 aromatic heterocycles. The maximum Gasteiger partial charge on any atom is 0.348 e. The quantitative estimate of drug-likeness (QED) is 0.571. The summed E-state index contributed by atoms with van der Waals surface area (Å²) in [7, 11) is 0. The van der Waals surface area contributed by atoms with Crippen LogP contribution >= 0.6 is 11.3 Å². The molecule has 3 aromatic rings. The van der Waals surface area contributed by atoms with E-state index < -0.39 is 11.6 Å². The van der Waals surface area contributed by atoms with Gasteiger partial charge in [0.1, 0.15) is 17.1 Å². The van der Waals surface area contributed by atoms with E-state index in [1.165, 1.54) is 24.3 Å². The molecule has 1 aromatic carbocycles. The van der Waals surface area contributed by atoms with Crippen molar-refractivity contribution in [3.63, 3.8) is 0 Å². The van der Waals surface area contributed by atoms with Gasteiger partial charge in [0.15, 0.2) is 0 Å². The molecule has 0 bridgehead atoms. The topological polar surface area (TPSA) is 85.6 Å². The van der Waals surface area contributed by atoms with Crippen LogP contribution in [0, 0.1) is 6.92 Å². The molecule has 0 aliphatic carbocycles. The molecule has 0 aliphatic rings. The Labute approximate surface area is 147 Å². The number of hydrogen-bond donors (Lipinski definition) is 1. The Morgan fingerprint density at radius 2 is 2.04 bits per heavy atom. The largest absolute Gasteiger partial charge is 0.457 e. The molecule has 0 saturated heterocycles. The molecule has 0 saturated carbocycles. The third-order valence-corrected chi connectivity index (χ3v) is 4.55. The van der Waals surface area contributed by atoms with Gasteiger partial charge in [-0.15, -0.1) is 11.3 Å². The first kappa shape index (κ1) is 16.9. The number of carbonyl (C=O) groups excluding carboxylic acids is 2. The highest BCUT2D eigenvalue weighted by atomic mass is 32.1. The number of esters is 1. The molecular weight excluding hydrogens is 342 g/mol. The van der Waals surface area contributed by atoms with E-state index >= 15 is 0 Å². The Morgan fingerprint density at radius 1 is 1.24 bits per heavy atom. The van der Waals surface area contributed by atoms with Crippen LogP contribution in [-0.4, -0.2) is 11.9 Å². The summed E-state index contributed by atoms with van der Waals surface area (Å²) in [5.74, 6) is -0.651. The van der Waals surface area contributed by atoms with E-state index in [1.54, 1.807) is 18.2 Å². The van der Waals surface area contributed by atoms with Crippen LogP contribution in [0.15, 0.2) is 44.9 Å². The van der Waals surface area contributed by atoms with Gasteiger partial charge in [-0.2, -0.15) is 0 Å². The summed E-state index contributed by atoms with van der Waals surface area (Å²) in [5, 5.41) is 5.09. The van der Waals surface area contributed by atoms with Crippen molar-refractivity contribution in [2.75, 3.05) is 5.32 Å². The van der Waals surface area contributed by atoms with Crippen LogP contribution in [0.3, 0.4) is 0 Å². The molecule has 0 spiro atoms. The standard InChI is InChI=1S/C18H15NO5S/c1-10-5-6-25-17(10)18(22)23-9-12-7-16(21)24-15-8-13(19-11(2)20)3-4-14(12)15/h3-8H,9H2,1-2H3,(H,19,20). The van der Waals surface area contributed by atoms with E-state index in [0.717, 1.165) is 5.56 Å². The molecule has 7 heteroatoms. The number of thiophene rings is 1. The van der Waals surface area contributed by atoms with Gasteiger partial charge >= 0.3 is 11.6 Å². The third kappa shape index (κ3) is 3.77. The van der Waals surface area contributed by atoms with Gasteiger partial charge in [0, 0.05) is 35.7 Å². The Hall–Kier alpha value is -2.93. The SMILES string of the molecule is CC(=O)Nc1ccc2c(COC(=O)c3sccc3C)cc(=O)oc2c1. The van der Waals surface area contributed by atoms with Crippen LogP contribution in [0.25, 0.3) is 11.0 Å². The summed E-state index contributed by atoms with van der Waals surface area (Å²) in [6.45, 7) is 3.18. The third-order valence-electron chi connectivity index (χ3n) is 3.56. The van der Waals surface area contributed by atoms with Gasteiger partial charge in [-0.3, -0.25) is 4.79 Å². The summed E-state index contributed by atoms with van der Waals surface area (Å²) >= 11 is 1.31. The highest BCUT2D eigenvalue weighted by Crippen LogP contribution is 2.23. The van der Waals surface area contributed by atoms with Crippen LogP contribution < -0.4 is 10.9 Å². The normalized spacial score (nSPS) is 10.6. The maximum atomic E-state index is 12.1. The molecule has 6 nitrogen and oxygen atoms in total. The van der Waals surface area contributed by atoms with E-state index in [4.69, 9.17) is 9.15 Å². The molecule has 1 amide bonds. The lowest BCUT2D eigenvalue weighted by molar-refractivity contribution is -0.114. The fraction of sp³-hybridized carbons (Fsp3) is 0.167. The number of fused-ring (bicyclic) bond motifs is 1. The Balaban J connectivity index is 1.88. The number of rotatable bonds is 4. The summed E-state index contributed by atoms with van der Waals surface area (Å²) in [6, 6.07) is 8.11. The minimum Gasteiger partial charge on any atom is -0.457 e. The zero-order chi connectivity index (χ0) is 18.0. The summed E-state index contributed by atoms with van der Waals surface area (Å²) < 4.78 is 10.5. The highest BCUT2D eigenvalue weighted by Gasteiger charge is 2.14. The summed E-state index contributed by atoms with van der Waals surface area (Å²) in [5.41, 5.74) is 1.69. The number of anilines is 1. The fourth-order valence-corrected chi connectivity index (χ4v) is 3.24. The highest BCUT2D eigenvalue weighted by molar-refractivity contribution is 7.12. The molecule has 0 radical (unpaired) electrons. The average molecular weight is 357 g/mol. The molecule has 3 rings (SSSR count). The number of nitrogens with one attached hydrogen (secondary N) is 1. The number of aryl methyl sites for hydroxylation is 1. The molecule has 128 valence electrons. The van der Waals surface area contributed by atoms with Gasteiger partial charge in [0.2, 0.25) is 5.91 Å². The van der Waals surface area contributed by atoms with Gasteiger partial charge in [0.05, 0.1) is 0 Å². The van der Waals surface area contributed by atoms with Crippen molar-refractivity contribution in [2.24, 2.45) is 0 Å². The molecule has 0 unspecified atom stereocenters. The van der Waals surface area contributed by atoms with E-state index in [-0.39, 0.29) is 12.5 Å². The predicted octanol–water partition coefficient (Wildman–Crippen LogP) is 3.48. The van der Waals surface area contributed by atoms with E-state index in [9.17, 15) is 14.4 Å². The second-order valence-electron chi connectivity index (χ2n) is 5.49. The monoisotopic (exact) mass is 357 g/mol. The zero-order valence-electron chi connectivity index (χ0n) is 13.6. The molecule has 0 aliphatic heterocycles. The second kappa shape index (κ2) is 6.90. The predicted molar refractivity (Wildman–Crippen MR) is 95.0 cm³/mol. The van der Waals surface area contributed by atoms with Crippen LogP contribution in [0.1, 0.15) is 27.7 Å². The molecule has 25 heavy (non-hydrogen) atoms. The van der Waals surface area contributed by atoms with Crippen molar-refractivity contribution in [2.45, 2.75) is 20.5 Å². The van der Waals surface area contributed by atoms with Crippen LogP contribution in [-0.2, 0) is 16.1 Å². The number of amides is 1. The lowest BCUT2D eigenvalue weighted by Gasteiger charge is -2.08. The van der Waals surface area contributed by atoms with E-state index in [2.05, 4.69) is 5.32 Å². The minimum absolute atomic E-state index is 0.0439. The van der Waals surface area contributed by atoms with E-state index in [1.807, 2.05) is 18.4 Å². The van der Waals surface area contributed by atoms with Crippen LogP contribution in [0.4, 0.5) is 5.69 Å². The van der Waals surface area contributed by atoms with Crippen molar-refractivity contribution in [3.8, 4) is 0 Å². The fourth-order valence-electron chi connectivity index (χ4n) is 2.42. The number of ether oxygens (including phenoxy) is 1. The lowest BCUT2D eigenvalue weighted by Crippen LogP contribution is -2.08. The Bertz CT molecular complexity index is 1020. The first-order chi connectivity index (χ1) is 11.9. The molecule has 0 fully saturated rings. The lowest BCUT2D eigenvalue weighted by atomic mass is 10.1. The molecule has 1 N–H and O–H groups in total. The number of carbonyl (C=O) groups is 2. The van der Waals surface area contributed by atoms with Crippen molar-refractivity contribution in [1.29, 1.82) is 0 Å². The van der Waals surface area contributed by atoms with Gasteiger partial charge in [-0.25, -0.2) is 9.59 Å². The first-order valence-corrected chi connectivity index (χ1v) is 8.37. The van der Waals surface area contributed by atoms with Crippen LogP contribution in [0.2, 0.25) is 0 Å². The van der Waals surface area contributed by atoms with Crippen molar-refractivity contribution < 1.29 is 18.7 Å². The maximum absolute atomic E-state index is 12.1. The molecular formula is C18H15NO5S. The smallest absolute Gasteiger partial charge is 0.348 e. The Kier molecular flexibility index (Phi) is 4.67. The van der Waals surface area contributed by atoms with Crippen molar-refractivity contribution >= 4 is 39.9 Å². The van der Waals surface area contributed by atoms with Gasteiger partial charge in [0.25, 0.3) is 0 Å². The van der Waals surface area contributed by atoms with Gasteiger partial charge in [-0.05, 0) is 36.1 Å². The van der Waals surface area contributed by atoms with E-state index in [0.29, 0.717) is 27.1 Å². The summed E-state index contributed by atoms with van der Waals surface area (Å²) in [4.78, 5) is 35.6. The Morgan fingerprint density at radius 3 is 2.72 bits per heavy atom. The average Bonchev–Trinajstić information content (AvgIpc) is 2.97. The van der Waals surface area contributed by atoms with Crippen molar-refractivity contribution in [3.05, 3.63) is 62.1 Å². The molecule has 0 atom stereocenters. The number of benzene rings is 1. The second-order valence-corrected chi connectivity index (χ2v) is 6.41. The van der Waals surface area contributed by atoms with Gasteiger partial charge < -0.3 is 14.5 Å².